The minimum absolute atomic E-state index is 0.0355. The van der Waals surface area contributed by atoms with E-state index in [0.29, 0.717) is 11.3 Å². The molecule has 190 valence electrons. The summed E-state index contributed by atoms with van der Waals surface area (Å²) >= 11 is 0.690. The Hall–Kier alpha value is -3.39. The van der Waals surface area contributed by atoms with E-state index in [-0.39, 0.29) is 45.9 Å². The number of ether oxygens (including phenoxy) is 1. The number of halogens is 4. The third kappa shape index (κ3) is 5.82. The van der Waals surface area contributed by atoms with Crippen LogP contribution in [0.15, 0.2) is 23.7 Å². The van der Waals surface area contributed by atoms with Gasteiger partial charge in [0.05, 0.1) is 24.9 Å². The van der Waals surface area contributed by atoms with Crippen molar-refractivity contribution >= 4 is 28.5 Å². The third-order valence-electron chi connectivity index (χ3n) is 5.29. The number of alkyl halides is 2. The molecule has 1 aliphatic heterocycles. The summed E-state index contributed by atoms with van der Waals surface area (Å²) in [5.41, 5.74) is 10.7. The molecule has 1 aromatic heterocycles. The zero-order valence-corrected chi connectivity index (χ0v) is 19.7. The molecule has 0 radical (unpaired) electrons. The molecule has 2 heterocycles. The Morgan fingerprint density at radius 1 is 1.37 bits per heavy atom. The predicted octanol–water partition coefficient (Wildman–Crippen LogP) is 2.51. The van der Waals surface area contributed by atoms with E-state index in [1.807, 2.05) is 0 Å². The molecule has 0 spiro atoms. The second kappa shape index (κ2) is 10.5. The fourth-order valence-corrected chi connectivity index (χ4v) is 4.58. The highest BCUT2D eigenvalue weighted by molar-refractivity contribution is 7.19. The molecule has 1 unspecified atom stereocenters. The summed E-state index contributed by atoms with van der Waals surface area (Å²) < 4.78 is 62.3. The average molecular weight is 516 g/mol. The van der Waals surface area contributed by atoms with Crippen molar-refractivity contribution in [3.05, 3.63) is 41.0 Å². The van der Waals surface area contributed by atoms with Crippen LogP contribution in [0.25, 0.3) is 10.6 Å². The number of hydrogen-bond donors (Lipinski definition) is 5. The van der Waals surface area contributed by atoms with Gasteiger partial charge >= 0.3 is 0 Å². The van der Waals surface area contributed by atoms with Crippen molar-refractivity contribution in [2.24, 2.45) is 5.73 Å². The molecule has 0 bridgehead atoms. The molecule has 1 atom stereocenters. The second-order valence-electron chi connectivity index (χ2n) is 7.84. The quantitative estimate of drug-likeness (QED) is 0.282. The van der Waals surface area contributed by atoms with E-state index in [4.69, 9.17) is 21.6 Å². The predicted molar refractivity (Wildman–Crippen MR) is 124 cm³/mol. The van der Waals surface area contributed by atoms with Crippen molar-refractivity contribution in [2.75, 3.05) is 33.0 Å². The molecule has 35 heavy (non-hydrogen) atoms. The van der Waals surface area contributed by atoms with Gasteiger partial charge in [0.25, 0.3) is 11.8 Å². The van der Waals surface area contributed by atoms with Gasteiger partial charge in [-0.15, -0.1) is 0 Å². The van der Waals surface area contributed by atoms with E-state index < -0.39 is 48.0 Å². The average Bonchev–Trinajstić information content (AvgIpc) is 3.09. The van der Waals surface area contributed by atoms with Gasteiger partial charge in [0.2, 0.25) is 0 Å². The number of benzene rings is 1. The minimum atomic E-state index is -3.07. The number of allylic oxidation sites excluding steroid dienone is 1. The molecule has 1 aliphatic rings. The Bertz CT molecular complexity index is 1130. The number of carbonyl (C=O) groups is 1. The van der Waals surface area contributed by atoms with Crippen LogP contribution < -0.4 is 26.8 Å². The highest BCUT2D eigenvalue weighted by Crippen LogP contribution is 2.35. The van der Waals surface area contributed by atoms with E-state index in [1.54, 1.807) is 0 Å². The largest absolute Gasteiger partial charge is 0.497 e. The van der Waals surface area contributed by atoms with Gasteiger partial charge < -0.3 is 37.1 Å². The molecular weight excluding hydrogens is 490 g/mol. The molecular formula is C21H25F4N7O2S. The highest BCUT2D eigenvalue weighted by Gasteiger charge is 2.38. The topological polar surface area (TPSA) is 142 Å². The number of nitrogens with two attached hydrogens (primary N) is 2. The minimum Gasteiger partial charge on any atom is -0.497 e. The lowest BCUT2D eigenvalue weighted by Gasteiger charge is -2.29. The lowest BCUT2D eigenvalue weighted by Crippen LogP contribution is -2.41. The summed E-state index contributed by atoms with van der Waals surface area (Å²) in [6.45, 7) is -0.498. The molecule has 3 rings (SSSR count). The number of nitrogens with zero attached hydrogens (tertiary/aromatic N) is 2. The van der Waals surface area contributed by atoms with Crippen LogP contribution in [0.4, 0.5) is 22.6 Å². The zero-order valence-electron chi connectivity index (χ0n) is 18.9. The zero-order chi connectivity index (χ0) is 25.9. The Morgan fingerprint density at radius 3 is 2.60 bits per heavy atom. The van der Waals surface area contributed by atoms with Gasteiger partial charge in [0, 0.05) is 44.4 Å². The van der Waals surface area contributed by atoms with Gasteiger partial charge in [-0.2, -0.15) is 0 Å². The first kappa shape index (κ1) is 26.2. The number of hydrogen-bond acceptors (Lipinski definition) is 9. The van der Waals surface area contributed by atoms with Crippen molar-refractivity contribution in [1.82, 2.24) is 20.5 Å². The standard InChI is InChI=1S/C21H25F4N7O2S/c1-29-18(32-4-3-10(27)7-21(24,25)9-32)14(8-26)30-19(33)16-17(28)35-20(31-16)15-12(22)5-11(34-2)6-13(15)23/h5-6,8,10,26,29H,3-4,7,9,27-28H2,1-2H3,(H,30,33)/b18-14-,26-8?. The number of nitrogen functional groups attached to an aromatic ring is 1. The molecule has 1 fully saturated rings. The Kier molecular flexibility index (Phi) is 7.85. The summed E-state index contributed by atoms with van der Waals surface area (Å²) in [7, 11) is 2.71. The van der Waals surface area contributed by atoms with E-state index in [1.165, 1.54) is 19.1 Å². The molecule has 0 saturated carbocycles. The third-order valence-corrected chi connectivity index (χ3v) is 6.19. The van der Waals surface area contributed by atoms with Gasteiger partial charge in [0.1, 0.15) is 33.2 Å². The molecule has 1 saturated heterocycles. The van der Waals surface area contributed by atoms with Crippen molar-refractivity contribution in [1.29, 1.82) is 5.41 Å². The monoisotopic (exact) mass is 515 g/mol. The SMILES string of the molecule is CN/C(=C(\C=N)NC(=O)c1nc(-c2c(F)cc(OC)cc2F)sc1N)N1CCC(N)CC(F)(F)C1. The number of amides is 1. The Morgan fingerprint density at radius 2 is 2.03 bits per heavy atom. The first-order valence-electron chi connectivity index (χ1n) is 10.4. The number of carbonyl (C=O) groups excluding carboxylic acids is 1. The lowest BCUT2D eigenvalue weighted by molar-refractivity contribution is -0.0268. The number of aromatic nitrogens is 1. The molecule has 1 amide bonds. The van der Waals surface area contributed by atoms with E-state index in [0.717, 1.165) is 18.3 Å². The first-order chi connectivity index (χ1) is 16.5. The van der Waals surface area contributed by atoms with Crippen molar-refractivity contribution in [2.45, 2.75) is 24.8 Å². The van der Waals surface area contributed by atoms with Crippen molar-refractivity contribution in [3.8, 4) is 16.3 Å². The van der Waals surface area contributed by atoms with Crippen molar-refractivity contribution < 1.29 is 27.1 Å². The first-order valence-corrected chi connectivity index (χ1v) is 11.2. The maximum absolute atomic E-state index is 14.5. The molecule has 14 heteroatoms. The Labute approximate surface area is 202 Å². The van der Waals surface area contributed by atoms with Crippen LogP contribution in [0.2, 0.25) is 0 Å². The van der Waals surface area contributed by atoms with Crippen LogP contribution in [0.5, 0.6) is 5.75 Å². The van der Waals surface area contributed by atoms with E-state index in [9.17, 15) is 22.4 Å². The molecule has 2 aromatic rings. The summed E-state index contributed by atoms with van der Waals surface area (Å²) in [6, 6.07) is 1.24. The van der Waals surface area contributed by atoms with Crippen LogP contribution >= 0.6 is 11.3 Å². The van der Waals surface area contributed by atoms with Crippen molar-refractivity contribution in [3.63, 3.8) is 0 Å². The molecule has 0 aliphatic carbocycles. The molecule has 9 nitrogen and oxygen atoms in total. The van der Waals surface area contributed by atoms with Crippen LogP contribution in [0.1, 0.15) is 23.3 Å². The summed E-state index contributed by atoms with van der Waals surface area (Å²) in [6.07, 6.45) is 0.573. The summed E-state index contributed by atoms with van der Waals surface area (Å²) in [4.78, 5) is 18.2. The highest BCUT2D eigenvalue weighted by atomic mass is 32.1. The Balaban J connectivity index is 1.91. The van der Waals surface area contributed by atoms with Crippen LogP contribution in [-0.4, -0.2) is 61.2 Å². The van der Waals surface area contributed by atoms with Gasteiger partial charge in [-0.25, -0.2) is 22.5 Å². The number of likely N-dealkylation sites (tertiary alicyclic amines) is 1. The molecule has 1 aromatic carbocycles. The maximum atomic E-state index is 14.5. The lowest BCUT2D eigenvalue weighted by atomic mass is 10.1. The fraction of sp³-hybridized carbons (Fsp3) is 0.381. The molecule has 7 N–H and O–H groups in total. The maximum Gasteiger partial charge on any atom is 0.277 e. The van der Waals surface area contributed by atoms with E-state index in [2.05, 4.69) is 15.6 Å². The van der Waals surface area contributed by atoms with Gasteiger partial charge in [0.15, 0.2) is 5.69 Å². The second-order valence-corrected chi connectivity index (χ2v) is 8.87. The smallest absolute Gasteiger partial charge is 0.277 e. The van der Waals surface area contributed by atoms with E-state index >= 15 is 0 Å². The van der Waals surface area contributed by atoms with Gasteiger partial charge in [-0.05, 0) is 6.42 Å². The number of rotatable bonds is 7. The van der Waals surface area contributed by atoms with Gasteiger partial charge in [-0.1, -0.05) is 11.3 Å². The summed E-state index contributed by atoms with van der Waals surface area (Å²) in [5.74, 6) is -5.84. The number of thiazole rings is 1. The number of methoxy groups -OCH3 is 1. The number of anilines is 1. The van der Waals surface area contributed by atoms with Crippen LogP contribution in [0, 0.1) is 17.0 Å². The van der Waals surface area contributed by atoms with Gasteiger partial charge in [-0.3, -0.25) is 4.79 Å². The summed E-state index contributed by atoms with van der Waals surface area (Å²) in [5, 5.41) is 12.6. The van der Waals surface area contributed by atoms with Crippen LogP contribution in [0.3, 0.4) is 0 Å². The van der Waals surface area contributed by atoms with Crippen LogP contribution in [-0.2, 0) is 0 Å². The fourth-order valence-electron chi connectivity index (χ4n) is 3.70. The number of nitrogens with one attached hydrogen (secondary N) is 3. The normalized spacial score (nSPS) is 18.4.